The van der Waals surface area contributed by atoms with E-state index in [1.54, 1.807) is 11.9 Å². The molecule has 23 heavy (non-hydrogen) atoms. The molecular formula is C15H16F5NO2. The summed E-state index contributed by atoms with van der Waals surface area (Å²) in [6.45, 7) is 0.0365. The van der Waals surface area contributed by atoms with Crippen LogP contribution < -0.4 is 0 Å². The Kier molecular flexibility index (Phi) is 4.66. The third-order valence-electron chi connectivity index (χ3n) is 4.17. The predicted octanol–water partition coefficient (Wildman–Crippen LogP) is 3.81. The summed E-state index contributed by atoms with van der Waals surface area (Å²) < 4.78 is 66.1. The molecule has 0 saturated carbocycles. The van der Waals surface area contributed by atoms with Crippen molar-refractivity contribution < 1.29 is 31.9 Å². The summed E-state index contributed by atoms with van der Waals surface area (Å²) in [4.78, 5) is 12.5. The molecule has 1 N–H and O–H groups in total. The van der Waals surface area contributed by atoms with Gasteiger partial charge in [-0.15, -0.1) is 0 Å². The average molecular weight is 337 g/mol. The van der Waals surface area contributed by atoms with Crippen molar-refractivity contribution in [3.05, 3.63) is 35.4 Å². The minimum absolute atomic E-state index is 0.0365. The Morgan fingerprint density at radius 3 is 2.35 bits per heavy atom. The number of piperidine rings is 1. The molecule has 3 nitrogen and oxygen atoms in total. The van der Waals surface area contributed by atoms with E-state index in [9.17, 15) is 26.7 Å². The Labute approximate surface area is 129 Å². The number of carboxylic acids is 1. The minimum atomic E-state index is -4.51. The minimum Gasteiger partial charge on any atom is -0.481 e. The van der Waals surface area contributed by atoms with E-state index in [-0.39, 0.29) is 12.1 Å². The second-order valence-electron chi connectivity index (χ2n) is 5.76. The number of aliphatic carboxylic acids is 1. The zero-order valence-electron chi connectivity index (χ0n) is 12.3. The Bertz CT molecular complexity index is 570. The van der Waals surface area contributed by atoms with Gasteiger partial charge in [0, 0.05) is 19.0 Å². The largest absolute Gasteiger partial charge is 0.481 e. The first-order chi connectivity index (χ1) is 10.5. The van der Waals surface area contributed by atoms with Crippen LogP contribution in [0.3, 0.4) is 0 Å². The lowest BCUT2D eigenvalue weighted by Crippen LogP contribution is -2.48. The number of hydrogen-bond acceptors (Lipinski definition) is 2. The first-order valence-electron chi connectivity index (χ1n) is 6.99. The summed E-state index contributed by atoms with van der Waals surface area (Å²) in [7, 11) is 1.56. The number of carboxylic acid groups (broad SMARTS) is 1. The van der Waals surface area contributed by atoms with E-state index in [1.165, 1.54) is 0 Å². The van der Waals surface area contributed by atoms with Gasteiger partial charge in [-0.25, -0.2) is 8.78 Å². The molecule has 128 valence electrons. The topological polar surface area (TPSA) is 40.5 Å². The SMILES string of the molecule is CN1CCC(F)(F)[C@H](CC(=O)O)[C@H]1c1ccc(C(F)(F)F)cc1. The van der Waals surface area contributed by atoms with E-state index in [4.69, 9.17) is 5.11 Å². The summed E-state index contributed by atoms with van der Waals surface area (Å²) in [5, 5.41) is 8.90. The third kappa shape index (κ3) is 3.80. The van der Waals surface area contributed by atoms with E-state index >= 15 is 0 Å². The molecule has 1 saturated heterocycles. The molecule has 1 heterocycles. The summed E-state index contributed by atoms with van der Waals surface area (Å²) in [6, 6.07) is 2.99. The van der Waals surface area contributed by atoms with E-state index in [2.05, 4.69) is 0 Å². The summed E-state index contributed by atoms with van der Waals surface area (Å²) in [6.07, 6.45) is -5.73. The molecule has 2 rings (SSSR count). The molecule has 1 aromatic rings. The van der Waals surface area contributed by atoms with Gasteiger partial charge in [0.2, 0.25) is 0 Å². The first-order valence-corrected chi connectivity index (χ1v) is 6.99. The number of likely N-dealkylation sites (tertiary alicyclic amines) is 1. The van der Waals surface area contributed by atoms with Gasteiger partial charge < -0.3 is 5.11 Å². The third-order valence-corrected chi connectivity index (χ3v) is 4.17. The molecule has 0 bridgehead atoms. The normalized spacial score (nSPS) is 25.3. The number of halogens is 5. The van der Waals surface area contributed by atoms with Crippen molar-refractivity contribution in [2.75, 3.05) is 13.6 Å². The summed E-state index contributed by atoms with van der Waals surface area (Å²) in [5.74, 6) is -6.03. The number of carbonyl (C=O) groups is 1. The van der Waals surface area contributed by atoms with Crippen molar-refractivity contribution in [2.45, 2.75) is 31.0 Å². The van der Waals surface area contributed by atoms with Crippen LogP contribution in [0.5, 0.6) is 0 Å². The lowest BCUT2D eigenvalue weighted by atomic mass is 9.80. The lowest BCUT2D eigenvalue weighted by Gasteiger charge is -2.43. The van der Waals surface area contributed by atoms with Gasteiger partial charge in [-0.1, -0.05) is 12.1 Å². The molecule has 2 atom stereocenters. The maximum atomic E-state index is 14.1. The van der Waals surface area contributed by atoms with Gasteiger partial charge in [-0.3, -0.25) is 9.69 Å². The van der Waals surface area contributed by atoms with Crippen LogP contribution >= 0.6 is 0 Å². The smallest absolute Gasteiger partial charge is 0.416 e. The van der Waals surface area contributed by atoms with Crippen LogP contribution in [-0.4, -0.2) is 35.5 Å². The van der Waals surface area contributed by atoms with Gasteiger partial charge in [0.15, 0.2) is 0 Å². The second-order valence-corrected chi connectivity index (χ2v) is 5.76. The maximum absolute atomic E-state index is 14.1. The summed E-state index contributed by atoms with van der Waals surface area (Å²) >= 11 is 0. The molecule has 0 aromatic heterocycles. The number of hydrogen-bond donors (Lipinski definition) is 1. The predicted molar refractivity (Wildman–Crippen MR) is 72.1 cm³/mol. The van der Waals surface area contributed by atoms with E-state index in [1.807, 2.05) is 0 Å². The van der Waals surface area contributed by atoms with Gasteiger partial charge in [-0.2, -0.15) is 13.2 Å². The Morgan fingerprint density at radius 1 is 1.30 bits per heavy atom. The maximum Gasteiger partial charge on any atom is 0.416 e. The number of rotatable bonds is 3. The van der Waals surface area contributed by atoms with E-state index < -0.39 is 48.4 Å². The standard InChI is InChI=1S/C15H16F5NO2/c1-21-7-6-14(16,17)11(8-12(22)23)13(21)9-2-4-10(5-3-9)15(18,19)20/h2-5,11,13H,6-8H2,1H3,(H,22,23)/t11-,13-/m1/s1. The van der Waals surface area contributed by atoms with Crippen molar-refractivity contribution in [1.29, 1.82) is 0 Å². The first kappa shape index (κ1) is 17.7. The fourth-order valence-corrected chi connectivity index (χ4v) is 2.99. The number of nitrogens with zero attached hydrogens (tertiary/aromatic N) is 1. The molecular weight excluding hydrogens is 321 g/mol. The van der Waals surface area contributed by atoms with Crippen LogP contribution in [0, 0.1) is 5.92 Å². The molecule has 1 fully saturated rings. The second kappa shape index (κ2) is 6.07. The zero-order valence-corrected chi connectivity index (χ0v) is 12.3. The molecule has 0 spiro atoms. The quantitative estimate of drug-likeness (QED) is 0.853. The fraction of sp³-hybridized carbons (Fsp3) is 0.533. The van der Waals surface area contributed by atoms with Crippen LogP contribution in [0.1, 0.15) is 30.0 Å². The van der Waals surface area contributed by atoms with Crippen LogP contribution in [0.15, 0.2) is 24.3 Å². The fourth-order valence-electron chi connectivity index (χ4n) is 2.99. The van der Waals surface area contributed by atoms with E-state index in [0.29, 0.717) is 0 Å². The van der Waals surface area contributed by atoms with Crippen LogP contribution in [0.4, 0.5) is 22.0 Å². The van der Waals surface area contributed by atoms with E-state index in [0.717, 1.165) is 24.3 Å². The molecule has 1 aliphatic heterocycles. The molecule has 8 heteroatoms. The van der Waals surface area contributed by atoms with Crippen molar-refractivity contribution in [3.8, 4) is 0 Å². The van der Waals surface area contributed by atoms with Gasteiger partial charge in [0.1, 0.15) is 0 Å². The molecule has 0 aliphatic carbocycles. The highest BCUT2D eigenvalue weighted by Gasteiger charge is 2.50. The molecule has 0 amide bonds. The highest BCUT2D eigenvalue weighted by atomic mass is 19.4. The van der Waals surface area contributed by atoms with Crippen LogP contribution in [0.25, 0.3) is 0 Å². The van der Waals surface area contributed by atoms with Gasteiger partial charge in [0.05, 0.1) is 17.9 Å². The van der Waals surface area contributed by atoms with Crippen molar-refractivity contribution in [1.82, 2.24) is 4.90 Å². The molecule has 0 radical (unpaired) electrons. The average Bonchev–Trinajstić information content (AvgIpc) is 2.42. The molecule has 1 aromatic carbocycles. The Morgan fingerprint density at radius 2 is 1.87 bits per heavy atom. The number of alkyl halides is 5. The van der Waals surface area contributed by atoms with Crippen molar-refractivity contribution in [2.24, 2.45) is 5.92 Å². The van der Waals surface area contributed by atoms with Gasteiger partial charge >= 0.3 is 12.1 Å². The summed E-state index contributed by atoms with van der Waals surface area (Å²) in [5.41, 5.74) is -0.618. The highest BCUT2D eigenvalue weighted by molar-refractivity contribution is 5.67. The lowest BCUT2D eigenvalue weighted by molar-refractivity contribution is -0.156. The highest BCUT2D eigenvalue weighted by Crippen LogP contribution is 2.46. The van der Waals surface area contributed by atoms with Gasteiger partial charge in [-0.05, 0) is 24.7 Å². The molecule has 1 aliphatic rings. The van der Waals surface area contributed by atoms with Crippen molar-refractivity contribution in [3.63, 3.8) is 0 Å². The Hall–Kier alpha value is -1.70. The zero-order chi connectivity index (χ0) is 17.4. The Balaban J connectivity index is 2.37. The van der Waals surface area contributed by atoms with Crippen LogP contribution in [0.2, 0.25) is 0 Å². The number of benzene rings is 1. The van der Waals surface area contributed by atoms with Gasteiger partial charge in [0.25, 0.3) is 5.92 Å². The van der Waals surface area contributed by atoms with Crippen molar-refractivity contribution >= 4 is 5.97 Å². The molecule has 0 unspecified atom stereocenters. The van der Waals surface area contributed by atoms with Crippen LogP contribution in [-0.2, 0) is 11.0 Å². The monoisotopic (exact) mass is 337 g/mol.